The van der Waals surface area contributed by atoms with Crippen LogP contribution in [0.1, 0.15) is 159 Å². The van der Waals surface area contributed by atoms with Gasteiger partial charge in [0.1, 0.15) is 0 Å². The van der Waals surface area contributed by atoms with Gasteiger partial charge >= 0.3 is 0 Å². The van der Waals surface area contributed by atoms with Gasteiger partial charge in [-0.25, -0.2) is 0 Å². The molecule has 198 valence electrons. The highest BCUT2D eigenvalue weighted by Crippen LogP contribution is 2.39. The topological polar surface area (TPSA) is 0 Å². The quantitative estimate of drug-likeness (QED) is 0.280. The zero-order chi connectivity index (χ0) is 24.3. The lowest BCUT2D eigenvalue weighted by Crippen LogP contribution is -2.18. The van der Waals surface area contributed by atoms with E-state index in [9.17, 15) is 0 Å². The van der Waals surface area contributed by atoms with Gasteiger partial charge in [-0.3, -0.25) is 0 Å². The van der Waals surface area contributed by atoms with Crippen LogP contribution in [0.25, 0.3) is 0 Å². The van der Waals surface area contributed by atoms with Crippen LogP contribution in [0.5, 0.6) is 0 Å². The monoisotopic (exact) mass is 478 g/mol. The van der Waals surface area contributed by atoms with Crippen LogP contribution in [0, 0.1) is 29.6 Å². The molecule has 1 aromatic rings. The Balaban J connectivity index is 1.08. The summed E-state index contributed by atoms with van der Waals surface area (Å²) in [5.74, 6) is 6.04. The second kappa shape index (κ2) is 14.8. The van der Waals surface area contributed by atoms with Crippen LogP contribution in [-0.4, -0.2) is 0 Å². The van der Waals surface area contributed by atoms with Gasteiger partial charge in [-0.15, -0.1) is 0 Å². The Hall–Kier alpha value is -0.780. The SMILES string of the molecule is CCCC[C@H]1CC[C@H](CC[C@H]2CC[C@H](CCc3ccc([C@H]4CC[C@H](CCC)CC4)cc3)CC2)CC1. The molecule has 3 saturated carbocycles. The average molecular weight is 479 g/mol. The van der Waals surface area contributed by atoms with Crippen LogP contribution in [-0.2, 0) is 6.42 Å². The van der Waals surface area contributed by atoms with E-state index in [4.69, 9.17) is 0 Å². The maximum atomic E-state index is 2.48. The minimum atomic E-state index is 0.837. The second-order valence-corrected chi connectivity index (χ2v) is 13.3. The Morgan fingerprint density at radius 3 is 1.46 bits per heavy atom. The first-order chi connectivity index (χ1) is 17.2. The standard InChI is InChI=1S/C35H58/c1-3-5-7-29-8-10-30(11-9-29)12-13-31-14-16-32(17-15-31)18-19-33-22-26-35(27-23-33)34-24-20-28(6-4-2)21-25-34/h22-23,26-32,34H,3-21,24-25H2,1-2H3/t28-,29-,30-,31-,32-,34-. The first kappa shape index (κ1) is 27.3. The van der Waals surface area contributed by atoms with E-state index in [0.717, 1.165) is 35.5 Å². The molecule has 4 rings (SSSR count). The predicted molar refractivity (Wildman–Crippen MR) is 154 cm³/mol. The van der Waals surface area contributed by atoms with Crippen LogP contribution in [0.3, 0.4) is 0 Å². The van der Waals surface area contributed by atoms with Crippen molar-refractivity contribution in [3.63, 3.8) is 0 Å². The molecular weight excluding hydrogens is 420 g/mol. The largest absolute Gasteiger partial charge is 0.0654 e. The number of unbranched alkanes of at least 4 members (excludes halogenated alkanes) is 1. The van der Waals surface area contributed by atoms with E-state index in [-0.39, 0.29) is 0 Å². The maximum absolute atomic E-state index is 2.48. The Morgan fingerprint density at radius 2 is 0.943 bits per heavy atom. The van der Waals surface area contributed by atoms with Gasteiger partial charge < -0.3 is 0 Å². The maximum Gasteiger partial charge on any atom is -0.0162 e. The fourth-order valence-corrected chi connectivity index (χ4v) is 8.10. The first-order valence-electron chi connectivity index (χ1n) is 16.3. The van der Waals surface area contributed by atoms with E-state index in [1.165, 1.54) is 96.3 Å². The van der Waals surface area contributed by atoms with Crippen LogP contribution in [0.15, 0.2) is 24.3 Å². The summed E-state index contributed by atoms with van der Waals surface area (Å²) in [6.45, 7) is 4.69. The van der Waals surface area contributed by atoms with Gasteiger partial charge in [0.05, 0.1) is 0 Å². The van der Waals surface area contributed by atoms with Gasteiger partial charge in [0.2, 0.25) is 0 Å². The van der Waals surface area contributed by atoms with Crippen molar-refractivity contribution in [2.75, 3.05) is 0 Å². The molecule has 0 saturated heterocycles. The summed E-state index contributed by atoms with van der Waals surface area (Å²) in [5, 5.41) is 0. The molecule has 0 spiro atoms. The van der Waals surface area contributed by atoms with Gasteiger partial charge in [-0.05, 0) is 85.2 Å². The second-order valence-electron chi connectivity index (χ2n) is 13.3. The van der Waals surface area contributed by atoms with E-state index < -0.39 is 0 Å². The number of benzene rings is 1. The Kier molecular flexibility index (Phi) is 11.6. The van der Waals surface area contributed by atoms with Crippen LogP contribution in [0.2, 0.25) is 0 Å². The third-order valence-corrected chi connectivity index (χ3v) is 10.7. The molecule has 0 amide bonds. The van der Waals surface area contributed by atoms with Crippen molar-refractivity contribution < 1.29 is 0 Å². The van der Waals surface area contributed by atoms with E-state index >= 15 is 0 Å². The van der Waals surface area contributed by atoms with Gasteiger partial charge in [0.25, 0.3) is 0 Å². The van der Waals surface area contributed by atoms with Crippen molar-refractivity contribution >= 4 is 0 Å². The van der Waals surface area contributed by atoms with E-state index in [0.29, 0.717) is 0 Å². The molecule has 0 unspecified atom stereocenters. The molecule has 3 aliphatic carbocycles. The van der Waals surface area contributed by atoms with Gasteiger partial charge in [-0.1, -0.05) is 134 Å². The highest BCUT2D eigenvalue weighted by molar-refractivity contribution is 5.26. The first-order valence-corrected chi connectivity index (χ1v) is 16.3. The molecule has 0 aromatic heterocycles. The molecule has 0 heterocycles. The third-order valence-electron chi connectivity index (χ3n) is 10.7. The molecule has 0 N–H and O–H groups in total. The van der Waals surface area contributed by atoms with Crippen LogP contribution < -0.4 is 0 Å². The smallest absolute Gasteiger partial charge is 0.0162 e. The summed E-state index contributed by atoms with van der Waals surface area (Å²) < 4.78 is 0. The Morgan fingerprint density at radius 1 is 0.486 bits per heavy atom. The fraction of sp³-hybridized carbons (Fsp3) is 0.829. The molecule has 3 fully saturated rings. The predicted octanol–water partition coefficient (Wildman–Crippen LogP) is 11.3. The summed E-state index contributed by atoms with van der Waals surface area (Å²) in [6.07, 6.45) is 31.0. The van der Waals surface area contributed by atoms with Crippen LogP contribution >= 0.6 is 0 Å². The number of aryl methyl sites for hydroxylation is 1. The lowest BCUT2D eigenvalue weighted by molar-refractivity contribution is 0.209. The Labute approximate surface area is 219 Å². The minimum absolute atomic E-state index is 0.837. The van der Waals surface area contributed by atoms with E-state index in [1.807, 2.05) is 0 Å². The molecular formula is C35H58. The molecule has 1 aromatic carbocycles. The molecule has 3 aliphatic rings. The molecule has 0 radical (unpaired) electrons. The van der Waals surface area contributed by atoms with Crippen molar-refractivity contribution in [3.8, 4) is 0 Å². The lowest BCUT2D eigenvalue weighted by Gasteiger charge is -2.32. The number of hydrogen-bond donors (Lipinski definition) is 0. The van der Waals surface area contributed by atoms with E-state index in [2.05, 4.69) is 38.1 Å². The average Bonchev–Trinajstić information content (AvgIpc) is 2.92. The molecule has 0 atom stereocenters. The van der Waals surface area contributed by atoms with Gasteiger partial charge in [0, 0.05) is 0 Å². The van der Waals surface area contributed by atoms with Gasteiger partial charge in [0.15, 0.2) is 0 Å². The Bertz CT molecular complexity index is 662. The molecule has 0 nitrogen and oxygen atoms in total. The normalized spacial score (nSPS) is 31.9. The molecule has 0 bridgehead atoms. The minimum Gasteiger partial charge on any atom is -0.0654 e. The third kappa shape index (κ3) is 8.93. The number of hydrogen-bond acceptors (Lipinski definition) is 0. The summed E-state index contributed by atoms with van der Waals surface area (Å²) in [7, 11) is 0. The van der Waals surface area contributed by atoms with E-state index in [1.54, 1.807) is 49.7 Å². The number of rotatable bonds is 12. The zero-order valence-electron chi connectivity index (χ0n) is 23.6. The molecule has 0 heteroatoms. The molecule has 35 heavy (non-hydrogen) atoms. The van der Waals surface area contributed by atoms with Crippen LogP contribution in [0.4, 0.5) is 0 Å². The summed E-state index contributed by atoms with van der Waals surface area (Å²) in [4.78, 5) is 0. The fourth-order valence-electron chi connectivity index (χ4n) is 8.10. The van der Waals surface area contributed by atoms with Gasteiger partial charge in [-0.2, -0.15) is 0 Å². The summed E-state index contributed by atoms with van der Waals surface area (Å²) >= 11 is 0. The van der Waals surface area contributed by atoms with Crippen molar-refractivity contribution in [1.82, 2.24) is 0 Å². The van der Waals surface area contributed by atoms with Crippen molar-refractivity contribution in [2.24, 2.45) is 29.6 Å². The highest BCUT2D eigenvalue weighted by atomic mass is 14.3. The van der Waals surface area contributed by atoms with Crippen molar-refractivity contribution in [1.29, 1.82) is 0 Å². The van der Waals surface area contributed by atoms with Crippen molar-refractivity contribution in [3.05, 3.63) is 35.4 Å². The highest BCUT2D eigenvalue weighted by Gasteiger charge is 2.25. The summed E-state index contributed by atoms with van der Waals surface area (Å²) in [5.41, 5.74) is 3.21. The zero-order valence-corrected chi connectivity index (χ0v) is 23.6. The summed E-state index contributed by atoms with van der Waals surface area (Å²) in [6, 6.07) is 9.90. The lowest BCUT2D eigenvalue weighted by atomic mass is 9.74. The molecule has 0 aliphatic heterocycles. The van der Waals surface area contributed by atoms with Crippen molar-refractivity contribution in [2.45, 2.75) is 155 Å².